The molecule has 0 saturated carbocycles. The molecule has 1 saturated heterocycles. The van der Waals surface area contributed by atoms with Gasteiger partial charge in [0, 0.05) is 32.2 Å². The number of hydrogen-bond donors (Lipinski definition) is 0. The number of carbonyl (C=O) groups is 1. The summed E-state index contributed by atoms with van der Waals surface area (Å²) in [5.41, 5.74) is 1.90. The summed E-state index contributed by atoms with van der Waals surface area (Å²) in [5.74, 6) is 0.842. The molecule has 1 fully saturated rings. The Morgan fingerprint density at radius 3 is 2.79 bits per heavy atom. The molecule has 0 bridgehead atoms. The van der Waals surface area contributed by atoms with Crippen LogP contribution in [-0.2, 0) is 16.0 Å². The average Bonchev–Trinajstić information content (AvgIpc) is 3.30. The lowest BCUT2D eigenvalue weighted by atomic mass is 10.0. The van der Waals surface area contributed by atoms with Gasteiger partial charge in [0.05, 0.1) is 37.0 Å². The first kappa shape index (κ1) is 22.8. The predicted octanol–water partition coefficient (Wildman–Crippen LogP) is 4.76. The standard InChI is InChI=1S/C27H29N3O3S/c1-32-22-10-11-25-24(19-22)28-27(34-25)30(13-5-12-29-14-16-33-17-15-29)26(31)18-21-8-4-7-20-6-2-3-9-23(20)21/h2-4,6-11,19H,5,12-18H2,1H3. The second kappa shape index (κ2) is 10.5. The highest BCUT2D eigenvalue weighted by molar-refractivity contribution is 7.22. The maximum absolute atomic E-state index is 13.7. The van der Waals surface area contributed by atoms with Crippen LogP contribution in [0.25, 0.3) is 21.0 Å². The Hall–Kier alpha value is -3.00. The van der Waals surface area contributed by atoms with Gasteiger partial charge in [0.25, 0.3) is 0 Å². The van der Waals surface area contributed by atoms with Crippen molar-refractivity contribution in [1.29, 1.82) is 0 Å². The van der Waals surface area contributed by atoms with Gasteiger partial charge in [-0.25, -0.2) is 4.98 Å². The minimum atomic E-state index is 0.0735. The monoisotopic (exact) mass is 475 g/mol. The molecule has 1 aromatic heterocycles. The number of fused-ring (bicyclic) bond motifs is 2. The van der Waals surface area contributed by atoms with Crippen LogP contribution in [0.1, 0.15) is 12.0 Å². The van der Waals surface area contributed by atoms with E-state index in [4.69, 9.17) is 14.5 Å². The molecule has 1 aliphatic heterocycles. The van der Waals surface area contributed by atoms with E-state index in [9.17, 15) is 4.79 Å². The first-order valence-corrected chi connectivity index (χ1v) is 12.5. The number of methoxy groups -OCH3 is 1. The number of hydrogen-bond acceptors (Lipinski definition) is 6. The van der Waals surface area contributed by atoms with Crippen molar-refractivity contribution in [3.63, 3.8) is 0 Å². The number of thiazole rings is 1. The number of nitrogens with zero attached hydrogens (tertiary/aromatic N) is 3. The van der Waals surface area contributed by atoms with Gasteiger partial charge in [0.1, 0.15) is 5.75 Å². The Bertz CT molecular complexity index is 1280. The van der Waals surface area contributed by atoms with Gasteiger partial charge in [-0.05, 0) is 34.9 Å². The molecule has 6 nitrogen and oxygen atoms in total. The Morgan fingerprint density at radius 1 is 1.12 bits per heavy atom. The van der Waals surface area contributed by atoms with Crippen molar-refractivity contribution in [1.82, 2.24) is 9.88 Å². The van der Waals surface area contributed by atoms with Gasteiger partial charge in [0.15, 0.2) is 5.13 Å². The van der Waals surface area contributed by atoms with Crippen LogP contribution in [0.15, 0.2) is 60.7 Å². The van der Waals surface area contributed by atoms with E-state index in [1.54, 1.807) is 18.4 Å². The summed E-state index contributed by atoms with van der Waals surface area (Å²) in [5, 5.41) is 3.02. The van der Waals surface area contributed by atoms with Crippen LogP contribution >= 0.6 is 11.3 Å². The van der Waals surface area contributed by atoms with Crippen molar-refractivity contribution in [2.24, 2.45) is 0 Å². The van der Waals surface area contributed by atoms with Gasteiger partial charge in [-0.2, -0.15) is 0 Å². The zero-order chi connectivity index (χ0) is 23.3. The predicted molar refractivity (Wildman–Crippen MR) is 138 cm³/mol. The maximum Gasteiger partial charge on any atom is 0.233 e. The molecular formula is C27H29N3O3S. The van der Waals surface area contributed by atoms with Crippen LogP contribution in [0.5, 0.6) is 5.75 Å². The quantitative estimate of drug-likeness (QED) is 0.368. The second-order valence-corrected chi connectivity index (χ2v) is 9.51. The summed E-state index contributed by atoms with van der Waals surface area (Å²) in [7, 11) is 1.65. The number of aromatic nitrogens is 1. The van der Waals surface area contributed by atoms with Crippen molar-refractivity contribution >= 4 is 43.4 Å². The summed E-state index contributed by atoms with van der Waals surface area (Å²) in [4.78, 5) is 22.8. The third kappa shape index (κ3) is 5.06. The van der Waals surface area contributed by atoms with Crippen molar-refractivity contribution in [2.75, 3.05) is 51.4 Å². The zero-order valence-corrected chi connectivity index (χ0v) is 20.2. The first-order chi connectivity index (χ1) is 16.7. The van der Waals surface area contributed by atoms with Gasteiger partial charge < -0.3 is 9.47 Å². The van der Waals surface area contributed by atoms with E-state index < -0.39 is 0 Å². The smallest absolute Gasteiger partial charge is 0.233 e. The Balaban J connectivity index is 1.40. The molecule has 1 aliphatic rings. The molecule has 176 valence electrons. The fraction of sp³-hybridized carbons (Fsp3) is 0.333. The third-order valence-electron chi connectivity index (χ3n) is 6.30. The number of rotatable bonds is 8. The SMILES string of the molecule is COc1ccc2sc(N(CCCN3CCOCC3)C(=O)Cc3cccc4ccccc34)nc2c1. The normalized spacial score (nSPS) is 14.5. The van der Waals surface area contributed by atoms with E-state index in [1.807, 2.05) is 41.3 Å². The van der Waals surface area contributed by atoms with Crippen LogP contribution in [0.3, 0.4) is 0 Å². The lowest BCUT2D eigenvalue weighted by molar-refractivity contribution is -0.118. The topological polar surface area (TPSA) is 54.9 Å². The van der Waals surface area contributed by atoms with Crippen LogP contribution in [0.4, 0.5) is 5.13 Å². The summed E-state index contributed by atoms with van der Waals surface area (Å²) in [6, 6.07) is 20.3. The number of morpholine rings is 1. The molecular weight excluding hydrogens is 446 g/mol. The first-order valence-electron chi connectivity index (χ1n) is 11.7. The van der Waals surface area contributed by atoms with E-state index in [-0.39, 0.29) is 5.91 Å². The molecule has 34 heavy (non-hydrogen) atoms. The lowest BCUT2D eigenvalue weighted by Crippen LogP contribution is -2.39. The van der Waals surface area contributed by atoms with Gasteiger partial charge in [-0.3, -0.25) is 14.6 Å². The minimum absolute atomic E-state index is 0.0735. The molecule has 0 N–H and O–H groups in total. The zero-order valence-electron chi connectivity index (χ0n) is 19.4. The highest BCUT2D eigenvalue weighted by Crippen LogP contribution is 2.32. The van der Waals surface area contributed by atoms with Crippen LogP contribution < -0.4 is 9.64 Å². The number of amides is 1. The molecule has 7 heteroatoms. The number of ether oxygens (including phenoxy) is 2. The average molecular weight is 476 g/mol. The molecule has 2 heterocycles. The van der Waals surface area contributed by atoms with Crippen LogP contribution in [-0.4, -0.2) is 62.3 Å². The van der Waals surface area contributed by atoms with Gasteiger partial charge >= 0.3 is 0 Å². The molecule has 0 unspecified atom stereocenters. The highest BCUT2D eigenvalue weighted by Gasteiger charge is 2.21. The largest absolute Gasteiger partial charge is 0.497 e. The summed E-state index contributed by atoms with van der Waals surface area (Å²) >= 11 is 1.56. The van der Waals surface area contributed by atoms with Gasteiger partial charge in [-0.1, -0.05) is 53.8 Å². The third-order valence-corrected chi connectivity index (χ3v) is 7.36. The van der Waals surface area contributed by atoms with Crippen LogP contribution in [0, 0.1) is 0 Å². The Kier molecular flexibility index (Phi) is 7.04. The Morgan fingerprint density at radius 2 is 1.94 bits per heavy atom. The molecule has 1 amide bonds. The van der Waals surface area contributed by atoms with E-state index in [1.165, 1.54) is 0 Å². The summed E-state index contributed by atoms with van der Waals surface area (Å²) < 4.78 is 11.9. The molecule has 0 radical (unpaired) electrons. The molecule has 0 spiro atoms. The number of benzene rings is 3. The fourth-order valence-electron chi connectivity index (χ4n) is 4.45. The Labute approximate surface area is 203 Å². The molecule has 0 atom stereocenters. The van der Waals surface area contributed by atoms with Crippen molar-refractivity contribution < 1.29 is 14.3 Å². The van der Waals surface area contributed by atoms with Gasteiger partial charge in [-0.15, -0.1) is 0 Å². The summed E-state index contributed by atoms with van der Waals surface area (Å²) in [6.45, 7) is 5.04. The lowest BCUT2D eigenvalue weighted by Gasteiger charge is -2.27. The van der Waals surface area contributed by atoms with E-state index >= 15 is 0 Å². The molecule has 3 aromatic carbocycles. The minimum Gasteiger partial charge on any atom is -0.497 e. The van der Waals surface area contributed by atoms with E-state index in [2.05, 4.69) is 29.2 Å². The van der Waals surface area contributed by atoms with E-state index in [0.29, 0.717) is 13.0 Å². The van der Waals surface area contributed by atoms with Gasteiger partial charge in [0.2, 0.25) is 5.91 Å². The molecule has 0 aliphatic carbocycles. The maximum atomic E-state index is 13.7. The molecule has 5 rings (SSSR count). The van der Waals surface area contributed by atoms with Crippen molar-refractivity contribution in [2.45, 2.75) is 12.8 Å². The number of carbonyl (C=O) groups excluding carboxylic acids is 1. The molecule has 4 aromatic rings. The van der Waals surface area contributed by atoms with E-state index in [0.717, 1.165) is 76.7 Å². The van der Waals surface area contributed by atoms with Crippen molar-refractivity contribution in [3.8, 4) is 5.75 Å². The second-order valence-electron chi connectivity index (χ2n) is 8.50. The summed E-state index contributed by atoms with van der Waals surface area (Å²) in [6.07, 6.45) is 1.23. The fourth-order valence-corrected chi connectivity index (χ4v) is 5.44. The highest BCUT2D eigenvalue weighted by atomic mass is 32.1. The van der Waals surface area contributed by atoms with Crippen LogP contribution in [0.2, 0.25) is 0 Å². The number of anilines is 1. The van der Waals surface area contributed by atoms with Crippen molar-refractivity contribution in [3.05, 3.63) is 66.2 Å².